The zero-order valence-corrected chi connectivity index (χ0v) is 10.8. The average Bonchev–Trinajstić information content (AvgIpc) is 2.31. The van der Waals surface area contributed by atoms with Crippen LogP contribution in [0.2, 0.25) is 5.02 Å². The fraction of sp³-hybridized carbons (Fsp3) is 0.500. The molecule has 1 aromatic carbocycles. The number of nitrogens with one attached hydrogen (secondary N) is 1. The molecule has 1 fully saturated rings. The molecule has 0 amide bonds. The molecule has 0 radical (unpaired) electrons. The van der Waals surface area contributed by atoms with Crippen molar-refractivity contribution in [2.24, 2.45) is 0 Å². The Morgan fingerprint density at radius 3 is 3.00 bits per heavy atom. The molecule has 1 N–H and O–H groups in total. The van der Waals surface area contributed by atoms with E-state index in [9.17, 15) is 10.1 Å². The fourth-order valence-corrected chi connectivity index (χ4v) is 2.29. The Morgan fingerprint density at radius 1 is 1.56 bits per heavy atom. The Bertz CT molecular complexity index is 453. The van der Waals surface area contributed by atoms with E-state index in [4.69, 9.17) is 16.3 Å². The van der Waals surface area contributed by atoms with Gasteiger partial charge in [-0.3, -0.25) is 10.1 Å². The number of nitro groups is 1. The SMILES string of the molecule is CC1CC(Nc2ccc(Cl)c([N+](=O)[O-])c2)CCO1. The molecule has 2 rings (SSSR count). The van der Waals surface area contributed by atoms with Gasteiger partial charge in [0.05, 0.1) is 11.0 Å². The van der Waals surface area contributed by atoms with Gasteiger partial charge in [-0.2, -0.15) is 0 Å². The summed E-state index contributed by atoms with van der Waals surface area (Å²) in [6, 6.07) is 5.07. The summed E-state index contributed by atoms with van der Waals surface area (Å²) >= 11 is 5.77. The van der Waals surface area contributed by atoms with E-state index < -0.39 is 4.92 Å². The van der Waals surface area contributed by atoms with Gasteiger partial charge in [0, 0.05) is 24.4 Å². The molecule has 98 valence electrons. The van der Waals surface area contributed by atoms with Crippen LogP contribution in [0.3, 0.4) is 0 Å². The highest BCUT2D eigenvalue weighted by Gasteiger charge is 2.20. The highest BCUT2D eigenvalue weighted by Crippen LogP contribution is 2.28. The number of halogens is 1. The second-order valence-corrected chi connectivity index (χ2v) is 4.88. The van der Waals surface area contributed by atoms with Crippen molar-refractivity contribution in [2.75, 3.05) is 11.9 Å². The van der Waals surface area contributed by atoms with Crippen LogP contribution < -0.4 is 5.32 Å². The summed E-state index contributed by atoms with van der Waals surface area (Å²) in [4.78, 5) is 10.3. The molecule has 1 saturated heterocycles. The van der Waals surface area contributed by atoms with Crippen molar-refractivity contribution in [1.82, 2.24) is 0 Å². The second kappa shape index (κ2) is 5.54. The van der Waals surface area contributed by atoms with Crippen molar-refractivity contribution in [3.05, 3.63) is 33.3 Å². The molecule has 0 bridgehead atoms. The molecule has 1 aromatic rings. The normalized spacial score (nSPS) is 23.7. The van der Waals surface area contributed by atoms with Crippen molar-refractivity contribution in [3.63, 3.8) is 0 Å². The Morgan fingerprint density at radius 2 is 2.33 bits per heavy atom. The van der Waals surface area contributed by atoms with Gasteiger partial charge in [0.15, 0.2) is 0 Å². The lowest BCUT2D eigenvalue weighted by Gasteiger charge is -2.28. The van der Waals surface area contributed by atoms with Gasteiger partial charge in [-0.1, -0.05) is 11.6 Å². The van der Waals surface area contributed by atoms with Crippen LogP contribution in [0.5, 0.6) is 0 Å². The predicted octanol–water partition coefficient (Wildman–Crippen LogP) is 3.23. The third-order valence-corrected chi connectivity index (χ3v) is 3.32. The Hall–Kier alpha value is -1.33. The molecule has 1 heterocycles. The molecular weight excluding hydrogens is 256 g/mol. The summed E-state index contributed by atoms with van der Waals surface area (Å²) in [5.41, 5.74) is 0.659. The molecule has 1 aliphatic rings. The van der Waals surface area contributed by atoms with Crippen LogP contribution in [0.25, 0.3) is 0 Å². The number of benzene rings is 1. The fourth-order valence-electron chi connectivity index (χ4n) is 2.11. The van der Waals surface area contributed by atoms with Gasteiger partial charge < -0.3 is 10.1 Å². The number of rotatable bonds is 3. The molecule has 0 saturated carbocycles. The summed E-state index contributed by atoms with van der Waals surface area (Å²) < 4.78 is 5.46. The lowest BCUT2D eigenvalue weighted by Crippen LogP contribution is -2.32. The van der Waals surface area contributed by atoms with Gasteiger partial charge >= 0.3 is 0 Å². The highest BCUT2D eigenvalue weighted by molar-refractivity contribution is 6.32. The maximum atomic E-state index is 10.8. The Labute approximate surface area is 110 Å². The minimum Gasteiger partial charge on any atom is -0.382 e. The lowest BCUT2D eigenvalue weighted by molar-refractivity contribution is -0.384. The van der Waals surface area contributed by atoms with E-state index >= 15 is 0 Å². The van der Waals surface area contributed by atoms with Gasteiger partial charge in [0.2, 0.25) is 0 Å². The summed E-state index contributed by atoms with van der Waals surface area (Å²) in [7, 11) is 0. The van der Waals surface area contributed by atoms with E-state index in [1.165, 1.54) is 6.07 Å². The van der Waals surface area contributed by atoms with Crippen LogP contribution in [-0.2, 0) is 4.74 Å². The standard InChI is InChI=1S/C12H15ClN2O3/c1-8-6-10(4-5-18-8)14-9-2-3-11(13)12(7-9)15(16)17/h2-3,7-8,10,14H,4-6H2,1H3. The minimum atomic E-state index is -0.472. The molecule has 6 heteroatoms. The van der Waals surface area contributed by atoms with Crippen molar-refractivity contribution in [1.29, 1.82) is 0 Å². The quantitative estimate of drug-likeness (QED) is 0.676. The van der Waals surface area contributed by atoms with Crippen LogP contribution in [0, 0.1) is 10.1 Å². The lowest BCUT2D eigenvalue weighted by atomic mass is 10.0. The number of nitrogens with zero attached hydrogens (tertiary/aromatic N) is 1. The molecule has 2 unspecified atom stereocenters. The van der Waals surface area contributed by atoms with Crippen LogP contribution in [0.15, 0.2) is 18.2 Å². The topological polar surface area (TPSA) is 64.4 Å². The maximum Gasteiger partial charge on any atom is 0.289 e. The van der Waals surface area contributed by atoms with Crippen molar-refractivity contribution < 1.29 is 9.66 Å². The summed E-state index contributed by atoms with van der Waals surface area (Å²) in [5.74, 6) is 0. The third kappa shape index (κ3) is 3.11. The van der Waals surface area contributed by atoms with Gasteiger partial charge in [-0.05, 0) is 31.9 Å². The molecule has 0 aliphatic carbocycles. The Kier molecular flexibility index (Phi) is 4.04. The molecule has 18 heavy (non-hydrogen) atoms. The van der Waals surface area contributed by atoms with Crippen molar-refractivity contribution >= 4 is 23.0 Å². The molecular formula is C12H15ClN2O3. The first-order valence-corrected chi connectivity index (χ1v) is 6.26. The number of hydrogen-bond donors (Lipinski definition) is 1. The summed E-state index contributed by atoms with van der Waals surface area (Å²) in [6.07, 6.45) is 2.02. The highest BCUT2D eigenvalue weighted by atomic mass is 35.5. The number of anilines is 1. The molecule has 5 nitrogen and oxygen atoms in total. The van der Waals surface area contributed by atoms with Crippen molar-refractivity contribution in [2.45, 2.75) is 31.9 Å². The van der Waals surface area contributed by atoms with Crippen LogP contribution in [0.4, 0.5) is 11.4 Å². The van der Waals surface area contributed by atoms with E-state index in [1.54, 1.807) is 12.1 Å². The van der Waals surface area contributed by atoms with E-state index in [0.717, 1.165) is 18.5 Å². The van der Waals surface area contributed by atoms with Crippen molar-refractivity contribution in [3.8, 4) is 0 Å². The first-order chi connectivity index (χ1) is 8.56. The predicted molar refractivity (Wildman–Crippen MR) is 70.2 cm³/mol. The average molecular weight is 271 g/mol. The molecule has 2 atom stereocenters. The summed E-state index contributed by atoms with van der Waals surface area (Å²) in [6.45, 7) is 2.74. The smallest absolute Gasteiger partial charge is 0.289 e. The van der Waals surface area contributed by atoms with E-state index in [-0.39, 0.29) is 22.9 Å². The zero-order valence-electron chi connectivity index (χ0n) is 10.1. The van der Waals surface area contributed by atoms with Gasteiger partial charge in [-0.15, -0.1) is 0 Å². The Balaban J connectivity index is 2.09. The molecule has 0 aromatic heterocycles. The number of hydrogen-bond acceptors (Lipinski definition) is 4. The third-order valence-electron chi connectivity index (χ3n) is 3.00. The number of ether oxygens (including phenoxy) is 1. The molecule has 0 spiro atoms. The van der Waals surface area contributed by atoms with Crippen LogP contribution >= 0.6 is 11.6 Å². The van der Waals surface area contributed by atoms with Gasteiger partial charge in [0.25, 0.3) is 5.69 Å². The van der Waals surface area contributed by atoms with E-state index in [1.807, 2.05) is 6.92 Å². The molecule has 1 aliphatic heterocycles. The first-order valence-electron chi connectivity index (χ1n) is 5.88. The second-order valence-electron chi connectivity index (χ2n) is 4.47. The summed E-state index contributed by atoms with van der Waals surface area (Å²) in [5, 5.41) is 14.2. The van der Waals surface area contributed by atoms with Gasteiger partial charge in [-0.25, -0.2) is 0 Å². The van der Waals surface area contributed by atoms with Crippen LogP contribution in [0.1, 0.15) is 19.8 Å². The largest absolute Gasteiger partial charge is 0.382 e. The maximum absolute atomic E-state index is 10.8. The van der Waals surface area contributed by atoms with E-state index in [2.05, 4.69) is 5.32 Å². The first kappa shape index (κ1) is 13.1. The zero-order chi connectivity index (χ0) is 13.1. The number of nitro benzene ring substituents is 1. The van der Waals surface area contributed by atoms with E-state index in [0.29, 0.717) is 6.61 Å². The van der Waals surface area contributed by atoms with Crippen LogP contribution in [-0.4, -0.2) is 23.7 Å². The van der Waals surface area contributed by atoms with Gasteiger partial charge in [0.1, 0.15) is 5.02 Å². The minimum absolute atomic E-state index is 0.0678. The monoisotopic (exact) mass is 270 g/mol.